The van der Waals surface area contributed by atoms with Gasteiger partial charge in [-0.1, -0.05) is 42.5 Å². The van der Waals surface area contributed by atoms with Crippen LogP contribution in [-0.2, 0) is 13.6 Å². The van der Waals surface area contributed by atoms with Crippen LogP contribution >= 0.6 is 0 Å². The molecule has 5 rings (SSSR count). The minimum atomic E-state index is -0.129. The van der Waals surface area contributed by atoms with E-state index < -0.39 is 0 Å². The number of fused-ring (bicyclic) bond motifs is 1. The Hall–Kier alpha value is -3.71. The van der Waals surface area contributed by atoms with Crippen molar-refractivity contribution in [2.45, 2.75) is 12.6 Å². The number of aromatic nitrogens is 3. The van der Waals surface area contributed by atoms with Crippen molar-refractivity contribution in [2.24, 2.45) is 7.05 Å². The fourth-order valence-electron chi connectivity index (χ4n) is 4.21. The van der Waals surface area contributed by atoms with Crippen LogP contribution in [0.2, 0.25) is 0 Å². The molecule has 2 N–H and O–H groups in total. The highest BCUT2D eigenvalue weighted by Gasteiger charge is 2.22. The first-order valence-corrected chi connectivity index (χ1v) is 10.9. The Morgan fingerprint density at radius 2 is 1.94 bits per heavy atom. The number of carbonyl (C=O) groups excluding carboxylic acids is 1. The molecule has 1 aliphatic rings. The van der Waals surface area contributed by atoms with Gasteiger partial charge in [0, 0.05) is 44.5 Å². The van der Waals surface area contributed by atoms with E-state index in [4.69, 9.17) is 0 Å². The number of anilines is 1. The number of hydrogen-bond donors (Lipinski definition) is 2. The number of para-hydroxylation sites is 2. The first-order chi connectivity index (χ1) is 15.7. The molecule has 1 fully saturated rings. The molecule has 0 unspecified atom stereocenters. The SMILES string of the molecule is Cn1c(CNC(=O)c2ccnc(N3CCN[C@@H](c4ccccc4)C3)c2)nc2ccccc21. The molecule has 0 aliphatic carbocycles. The molecular weight excluding hydrogens is 400 g/mol. The maximum absolute atomic E-state index is 12.9. The molecule has 1 aliphatic heterocycles. The molecule has 4 aromatic rings. The Morgan fingerprint density at radius 1 is 1.12 bits per heavy atom. The third-order valence-corrected chi connectivity index (χ3v) is 6.00. The van der Waals surface area contributed by atoms with Crippen LogP contribution in [0, 0.1) is 0 Å². The van der Waals surface area contributed by atoms with Gasteiger partial charge in [-0.15, -0.1) is 0 Å². The number of benzene rings is 2. The lowest BCUT2D eigenvalue weighted by Gasteiger charge is -2.34. The van der Waals surface area contributed by atoms with E-state index in [9.17, 15) is 4.79 Å². The van der Waals surface area contributed by atoms with E-state index in [0.717, 1.165) is 42.3 Å². The summed E-state index contributed by atoms with van der Waals surface area (Å²) in [5.74, 6) is 1.51. The van der Waals surface area contributed by atoms with Crippen molar-refractivity contribution in [3.8, 4) is 0 Å². The lowest BCUT2D eigenvalue weighted by atomic mass is 10.0. The molecule has 3 heterocycles. The Balaban J connectivity index is 1.28. The van der Waals surface area contributed by atoms with E-state index in [1.807, 2.05) is 48.0 Å². The molecule has 2 aromatic heterocycles. The second kappa shape index (κ2) is 8.80. The molecular formula is C25H26N6O. The molecule has 7 nitrogen and oxygen atoms in total. The van der Waals surface area contributed by atoms with Gasteiger partial charge < -0.3 is 20.1 Å². The molecule has 162 valence electrons. The Bertz CT molecular complexity index is 1240. The zero-order valence-electron chi connectivity index (χ0n) is 18.0. The highest BCUT2D eigenvalue weighted by Crippen LogP contribution is 2.22. The third kappa shape index (κ3) is 4.07. The summed E-state index contributed by atoms with van der Waals surface area (Å²) in [5.41, 5.74) is 3.84. The molecule has 0 spiro atoms. The van der Waals surface area contributed by atoms with Crippen LogP contribution in [0.5, 0.6) is 0 Å². The van der Waals surface area contributed by atoms with Gasteiger partial charge in [0.2, 0.25) is 0 Å². The van der Waals surface area contributed by atoms with Crippen LogP contribution in [-0.4, -0.2) is 40.1 Å². The summed E-state index contributed by atoms with van der Waals surface area (Å²) in [4.78, 5) is 24.3. The molecule has 32 heavy (non-hydrogen) atoms. The van der Waals surface area contributed by atoms with Crippen molar-refractivity contribution in [3.05, 3.63) is 89.9 Å². The number of nitrogens with zero attached hydrogens (tertiary/aromatic N) is 4. The number of carbonyl (C=O) groups is 1. The van der Waals surface area contributed by atoms with Crippen LogP contribution in [0.3, 0.4) is 0 Å². The maximum Gasteiger partial charge on any atom is 0.251 e. The van der Waals surface area contributed by atoms with Gasteiger partial charge >= 0.3 is 0 Å². The van der Waals surface area contributed by atoms with E-state index in [0.29, 0.717) is 12.1 Å². The predicted octanol–water partition coefficient (Wildman–Crippen LogP) is 3.05. The summed E-state index contributed by atoms with van der Waals surface area (Å²) in [7, 11) is 1.97. The van der Waals surface area contributed by atoms with Gasteiger partial charge in [-0.2, -0.15) is 0 Å². The van der Waals surface area contributed by atoms with Gasteiger partial charge in [-0.25, -0.2) is 9.97 Å². The summed E-state index contributed by atoms with van der Waals surface area (Å²) in [5, 5.41) is 6.57. The third-order valence-electron chi connectivity index (χ3n) is 6.00. The van der Waals surface area contributed by atoms with Gasteiger partial charge in [0.1, 0.15) is 11.6 Å². The van der Waals surface area contributed by atoms with E-state index in [-0.39, 0.29) is 11.9 Å². The van der Waals surface area contributed by atoms with E-state index in [2.05, 4.69) is 49.8 Å². The highest BCUT2D eigenvalue weighted by molar-refractivity contribution is 5.94. The van der Waals surface area contributed by atoms with E-state index >= 15 is 0 Å². The van der Waals surface area contributed by atoms with E-state index in [1.54, 1.807) is 12.3 Å². The average Bonchev–Trinajstić information content (AvgIpc) is 3.19. The highest BCUT2D eigenvalue weighted by atomic mass is 16.1. The normalized spacial score (nSPS) is 16.3. The molecule has 0 radical (unpaired) electrons. The van der Waals surface area contributed by atoms with Crippen molar-refractivity contribution in [3.63, 3.8) is 0 Å². The first-order valence-electron chi connectivity index (χ1n) is 10.9. The Kier molecular flexibility index (Phi) is 5.56. The van der Waals surface area contributed by atoms with Gasteiger partial charge in [0.15, 0.2) is 0 Å². The largest absolute Gasteiger partial charge is 0.353 e. The molecule has 1 saturated heterocycles. The average molecular weight is 427 g/mol. The molecule has 7 heteroatoms. The molecule has 1 atom stereocenters. The molecule has 0 bridgehead atoms. The van der Waals surface area contributed by atoms with Crippen molar-refractivity contribution >= 4 is 22.8 Å². The monoisotopic (exact) mass is 426 g/mol. The van der Waals surface area contributed by atoms with E-state index in [1.165, 1.54) is 5.56 Å². The fourth-order valence-corrected chi connectivity index (χ4v) is 4.21. The number of hydrogen-bond acceptors (Lipinski definition) is 5. The summed E-state index contributed by atoms with van der Waals surface area (Å²) in [6.45, 7) is 2.89. The zero-order chi connectivity index (χ0) is 21.9. The number of rotatable bonds is 5. The summed E-state index contributed by atoms with van der Waals surface area (Å²) in [6.07, 6.45) is 1.71. The molecule has 0 saturated carbocycles. The number of pyridine rings is 1. The lowest BCUT2D eigenvalue weighted by molar-refractivity contribution is 0.0949. The predicted molar refractivity (Wildman–Crippen MR) is 126 cm³/mol. The number of nitrogens with one attached hydrogen (secondary N) is 2. The van der Waals surface area contributed by atoms with Crippen LogP contribution < -0.4 is 15.5 Å². The van der Waals surface area contributed by atoms with Crippen LogP contribution in [0.4, 0.5) is 5.82 Å². The fraction of sp³-hybridized carbons (Fsp3) is 0.240. The quantitative estimate of drug-likeness (QED) is 0.513. The second-order valence-electron chi connectivity index (χ2n) is 8.02. The van der Waals surface area contributed by atoms with Crippen LogP contribution in [0.1, 0.15) is 27.8 Å². The standard InChI is InChI=1S/C25H26N6O/c1-30-22-10-6-5-9-20(22)29-24(30)16-28-25(32)19-11-12-27-23(15-19)31-14-13-26-21(17-31)18-7-3-2-4-8-18/h2-12,15,21,26H,13-14,16-17H2,1H3,(H,28,32)/t21-/m1/s1. The molecule has 2 aromatic carbocycles. The number of amides is 1. The van der Waals surface area contributed by atoms with Crippen molar-refractivity contribution in [1.29, 1.82) is 0 Å². The Labute approximate surface area is 187 Å². The van der Waals surface area contributed by atoms with Gasteiger partial charge in [-0.3, -0.25) is 4.79 Å². The summed E-state index contributed by atoms with van der Waals surface area (Å²) in [6, 6.07) is 22.3. The summed E-state index contributed by atoms with van der Waals surface area (Å²) >= 11 is 0. The van der Waals surface area contributed by atoms with Crippen LogP contribution in [0.25, 0.3) is 11.0 Å². The zero-order valence-corrected chi connectivity index (χ0v) is 18.0. The Morgan fingerprint density at radius 3 is 2.78 bits per heavy atom. The van der Waals surface area contributed by atoms with Gasteiger partial charge in [0.05, 0.1) is 17.6 Å². The second-order valence-corrected chi connectivity index (χ2v) is 8.02. The topological polar surface area (TPSA) is 75.1 Å². The maximum atomic E-state index is 12.9. The van der Waals surface area contributed by atoms with Crippen molar-refractivity contribution in [1.82, 2.24) is 25.2 Å². The summed E-state index contributed by atoms with van der Waals surface area (Å²) < 4.78 is 2.01. The smallest absolute Gasteiger partial charge is 0.251 e. The van der Waals surface area contributed by atoms with Crippen LogP contribution in [0.15, 0.2) is 72.9 Å². The minimum Gasteiger partial charge on any atom is -0.353 e. The van der Waals surface area contributed by atoms with Crippen molar-refractivity contribution < 1.29 is 4.79 Å². The number of aryl methyl sites for hydroxylation is 1. The number of imidazole rings is 1. The molecule has 1 amide bonds. The van der Waals surface area contributed by atoms with Gasteiger partial charge in [-0.05, 0) is 29.8 Å². The van der Waals surface area contributed by atoms with Gasteiger partial charge in [0.25, 0.3) is 5.91 Å². The number of piperazine rings is 1. The minimum absolute atomic E-state index is 0.129. The first kappa shape index (κ1) is 20.2. The van der Waals surface area contributed by atoms with Crippen molar-refractivity contribution in [2.75, 3.05) is 24.5 Å². The lowest BCUT2D eigenvalue weighted by Crippen LogP contribution is -2.46.